The van der Waals surface area contributed by atoms with Crippen LogP contribution in [-0.2, 0) is 81.8 Å². The molecule has 0 saturated carbocycles. The number of unbranched alkanes of at least 4 members (excludes halogenated alkanes) is 7. The van der Waals surface area contributed by atoms with E-state index in [1.54, 1.807) is 50.4 Å². The lowest BCUT2D eigenvalue weighted by Crippen LogP contribution is -2.61. The monoisotopic (exact) mass is 1490 g/mol. The van der Waals surface area contributed by atoms with Crippen LogP contribution in [0.4, 0.5) is 0 Å². The Morgan fingerprint density at radius 1 is 0.443 bits per heavy atom. The molecule has 0 unspecified atom stereocenters. The van der Waals surface area contributed by atoms with Crippen LogP contribution in [0.5, 0.6) is 0 Å². The predicted octanol–water partition coefficient (Wildman–Crippen LogP) is -3.55. The quantitative estimate of drug-likeness (QED) is 0.0286. The summed E-state index contributed by atoms with van der Waals surface area (Å²) in [6.45, 7) is 5.02. The molecule has 106 heavy (non-hydrogen) atoms. The average molecular weight is 1500 g/mol. The van der Waals surface area contributed by atoms with Crippen LogP contribution in [0.3, 0.4) is 0 Å². The lowest BCUT2D eigenvalue weighted by Gasteiger charge is -2.29. The highest BCUT2D eigenvalue weighted by molar-refractivity contribution is 6.00. The molecule has 2 heterocycles. The highest BCUT2D eigenvalue weighted by Crippen LogP contribution is 2.16. The molecule has 0 spiro atoms. The molecule has 0 radical (unpaired) electrons. The molecule has 1 fully saturated rings. The number of benzene rings is 1. The van der Waals surface area contributed by atoms with E-state index in [0.29, 0.717) is 88.4 Å². The summed E-state index contributed by atoms with van der Waals surface area (Å²) in [6, 6.07) is -6.78. The summed E-state index contributed by atoms with van der Waals surface area (Å²) >= 11 is 0. The Balaban J connectivity index is 2.33. The molecule has 1 aromatic carbocycles. The molecule has 3 rings (SSSR count). The fourth-order valence-corrected chi connectivity index (χ4v) is 11.7. The van der Waals surface area contributed by atoms with Gasteiger partial charge in [-0.25, -0.2) is 0 Å². The van der Waals surface area contributed by atoms with Crippen LogP contribution in [0.25, 0.3) is 0 Å². The molecule has 1 aliphatic rings. The van der Waals surface area contributed by atoms with E-state index < -0.39 is 163 Å². The van der Waals surface area contributed by atoms with Crippen molar-refractivity contribution in [3.8, 4) is 0 Å². The molecule has 2 aromatic rings. The molecule has 596 valence electrons. The van der Waals surface area contributed by atoms with Crippen LogP contribution in [0, 0.1) is 5.92 Å². The molecule has 36 heteroatoms. The molecule has 12 amide bonds. The van der Waals surface area contributed by atoms with Crippen molar-refractivity contribution in [1.82, 2.24) is 73.5 Å². The van der Waals surface area contributed by atoms with Crippen LogP contribution in [-0.4, -0.2) is 203 Å². The molecule has 0 aliphatic carbocycles. The SMILES string of the molecule is CC(C)C[C@@H]1NC(=O)[C@H](CCCCN)NC(=O)[C@H](CCCCN)NC(=O)[C@H](Cc2ccccc2)NC(=O)[C@H](CCCCN)NC(=O)[C@H](CCCCN)NC(=O)[C@H](CCC(=O)NCc2cn(CCCC[C@H](N)C(=O)O)nn2)NC(=O)[C@H](CCCCN)NC(=O)[C@H](CCCCN)NC(=O)[C@H](CCC(N)=O)NC1=O. The first-order valence-corrected chi connectivity index (χ1v) is 37.5. The van der Waals surface area contributed by atoms with Crippen LogP contribution in [0.2, 0.25) is 0 Å². The first-order chi connectivity index (χ1) is 50.8. The number of hydrogen-bond donors (Lipinski definition) is 20. The minimum Gasteiger partial charge on any atom is -0.480 e. The molecule has 36 nitrogen and oxygen atoms in total. The Kier molecular flexibility index (Phi) is 45.0. The summed E-state index contributed by atoms with van der Waals surface area (Å²) in [5, 5.41) is 47.5. The number of rotatable bonds is 42. The van der Waals surface area contributed by atoms with Crippen molar-refractivity contribution >= 4 is 76.9 Å². The lowest BCUT2D eigenvalue weighted by atomic mass is 10.00. The lowest BCUT2D eigenvalue weighted by molar-refractivity contribution is -0.139. The van der Waals surface area contributed by atoms with Gasteiger partial charge in [0, 0.05) is 25.8 Å². The van der Waals surface area contributed by atoms with E-state index in [4.69, 9.17) is 51.0 Å². The number of nitrogens with zero attached hydrogens (tertiary/aromatic N) is 3. The molecule has 1 aromatic heterocycles. The van der Waals surface area contributed by atoms with Gasteiger partial charge in [-0.3, -0.25) is 67.0 Å². The van der Waals surface area contributed by atoms with Crippen molar-refractivity contribution in [1.29, 1.82) is 0 Å². The zero-order valence-corrected chi connectivity index (χ0v) is 61.9. The van der Waals surface area contributed by atoms with E-state index in [0.717, 1.165) is 0 Å². The zero-order chi connectivity index (χ0) is 78.3. The number of aromatic nitrogens is 3. The average Bonchev–Trinajstić information content (AvgIpc) is 1.06. The second-order valence-corrected chi connectivity index (χ2v) is 27.4. The van der Waals surface area contributed by atoms with Crippen molar-refractivity contribution in [2.45, 2.75) is 267 Å². The first-order valence-electron chi connectivity index (χ1n) is 37.5. The normalized spacial score (nSPS) is 22.1. The molecular weight excluding hydrogens is 1370 g/mol. The number of carbonyl (C=O) groups excluding carboxylic acids is 12. The smallest absolute Gasteiger partial charge is 0.320 e. The van der Waals surface area contributed by atoms with Crippen LogP contribution < -0.4 is 104 Å². The van der Waals surface area contributed by atoms with E-state index in [9.17, 15) is 57.5 Å². The maximum atomic E-state index is 15.1. The molecule has 1 saturated heterocycles. The minimum absolute atomic E-state index is 0.00634. The summed E-state index contributed by atoms with van der Waals surface area (Å²) in [6.07, 6.45) is 4.90. The number of aryl methyl sites for hydroxylation is 1. The number of amides is 12. The topological polar surface area (TPSA) is 613 Å². The number of carboxylic acid groups (broad SMARTS) is 1. The number of carbonyl (C=O) groups is 13. The third-order valence-electron chi connectivity index (χ3n) is 17.9. The summed E-state index contributed by atoms with van der Waals surface area (Å²) < 4.78 is 1.52. The van der Waals surface area contributed by atoms with Crippen LogP contribution in [0.15, 0.2) is 36.5 Å². The van der Waals surface area contributed by atoms with Gasteiger partial charge in [-0.2, -0.15) is 0 Å². The summed E-state index contributed by atoms with van der Waals surface area (Å²) in [4.78, 5) is 186. The number of hydrogen-bond acceptors (Lipinski definition) is 22. The van der Waals surface area contributed by atoms with E-state index >= 15 is 4.79 Å². The van der Waals surface area contributed by atoms with E-state index in [2.05, 4.69) is 68.8 Å². The minimum atomic E-state index is -1.63. The van der Waals surface area contributed by atoms with Gasteiger partial charge in [0.1, 0.15) is 72.2 Å². The van der Waals surface area contributed by atoms with Gasteiger partial charge in [0.05, 0.1) is 12.7 Å². The maximum Gasteiger partial charge on any atom is 0.320 e. The molecule has 28 N–H and O–H groups in total. The summed E-state index contributed by atoms with van der Waals surface area (Å²) in [5.74, 6) is -11.6. The van der Waals surface area contributed by atoms with Gasteiger partial charge < -0.3 is 109 Å². The third kappa shape index (κ3) is 36.5. The van der Waals surface area contributed by atoms with Gasteiger partial charge >= 0.3 is 5.97 Å². The highest BCUT2D eigenvalue weighted by atomic mass is 16.4. The fourth-order valence-electron chi connectivity index (χ4n) is 11.7. The number of nitrogens with one attached hydrogen (secondary N) is 11. The number of primary amides is 1. The second-order valence-electron chi connectivity index (χ2n) is 27.4. The first kappa shape index (κ1) is 91.4. The van der Waals surface area contributed by atoms with Gasteiger partial charge in [-0.1, -0.05) is 49.4 Å². The Bertz CT molecular complexity index is 3060. The molecular formula is C70H122N22O14. The standard InChI is InChI=1S/C70H122N22O14/c1-44(2)40-56-68(103)87-54(29-31-58(78)93)66(101)83-48(23-6-13-33-71)60(95)80-50(25-8-15-35-73)63(98)86-55(30-32-59(94)79-42-46-43-92(91-90-46)39-19-12-22-47(77)70(105)106)67(102)84-49(24-7-14-34-72)61(96)82-53(28-11-18-38-76)65(100)89-57(41-45-20-4-3-5-21-45)69(104)85-51(26-9-16-36-74)62(97)81-52(64(99)88-56)27-10-17-37-75/h3-5,20-21,43-44,47-57H,6-19,22-42,71-77H2,1-2H3,(H2,78,93)(H,79,94)(H,80,95)(H,81,97)(H,82,96)(H,83,101)(H,84,102)(H,85,104)(H,86,98)(H,87,103)(H,88,99)(H,89,100)(H,105,106)/t47-,48-,49-,50-,51-,52-,53-,54-,55-,56-,57-/m0/s1. The molecule has 11 atom stereocenters. The van der Waals surface area contributed by atoms with Crippen LogP contribution >= 0.6 is 0 Å². The number of aliphatic carboxylic acids is 1. The Morgan fingerprint density at radius 2 is 0.764 bits per heavy atom. The van der Waals surface area contributed by atoms with Crippen molar-refractivity contribution in [2.24, 2.45) is 51.8 Å². The number of nitrogens with two attached hydrogens (primary N) is 8. The Hall–Kier alpha value is -8.81. The van der Waals surface area contributed by atoms with Crippen LogP contribution in [0.1, 0.15) is 192 Å². The van der Waals surface area contributed by atoms with E-state index in [-0.39, 0.29) is 135 Å². The van der Waals surface area contributed by atoms with Crippen molar-refractivity contribution in [3.05, 3.63) is 47.8 Å². The number of carboxylic acids is 1. The van der Waals surface area contributed by atoms with Gasteiger partial charge in [0.15, 0.2) is 0 Å². The Labute approximate surface area is 621 Å². The third-order valence-corrected chi connectivity index (χ3v) is 17.9. The molecule has 0 bridgehead atoms. The van der Waals surface area contributed by atoms with Gasteiger partial charge in [-0.15, -0.1) is 5.10 Å². The highest BCUT2D eigenvalue weighted by Gasteiger charge is 2.38. The van der Waals surface area contributed by atoms with Crippen molar-refractivity contribution in [3.63, 3.8) is 0 Å². The predicted molar refractivity (Wildman–Crippen MR) is 395 cm³/mol. The second kappa shape index (κ2) is 52.2. The van der Waals surface area contributed by atoms with E-state index in [1.165, 1.54) is 4.68 Å². The fraction of sp³-hybridized carbons (Fsp3) is 0.700. The maximum absolute atomic E-state index is 15.1. The Morgan fingerprint density at radius 3 is 1.10 bits per heavy atom. The van der Waals surface area contributed by atoms with Crippen molar-refractivity contribution in [2.75, 3.05) is 39.3 Å². The van der Waals surface area contributed by atoms with Gasteiger partial charge in [0.25, 0.3) is 0 Å². The largest absolute Gasteiger partial charge is 0.480 e. The molecule has 1 aliphatic heterocycles. The van der Waals surface area contributed by atoms with Gasteiger partial charge in [-0.05, 0) is 205 Å². The zero-order valence-electron chi connectivity index (χ0n) is 61.9. The van der Waals surface area contributed by atoms with E-state index in [1.807, 2.05) is 0 Å². The summed E-state index contributed by atoms with van der Waals surface area (Å²) in [7, 11) is 0. The van der Waals surface area contributed by atoms with Gasteiger partial charge in [0.2, 0.25) is 70.9 Å². The van der Waals surface area contributed by atoms with Crippen molar-refractivity contribution < 1.29 is 67.4 Å². The summed E-state index contributed by atoms with van der Waals surface area (Å²) in [5.41, 5.74) is 47.6.